The van der Waals surface area contributed by atoms with Gasteiger partial charge in [-0.2, -0.15) is 5.10 Å². The molecule has 0 N–H and O–H groups in total. The number of rotatable bonds is 4. The van der Waals surface area contributed by atoms with E-state index < -0.39 is 0 Å². The summed E-state index contributed by atoms with van der Waals surface area (Å²) in [6, 6.07) is 7.50. The van der Waals surface area contributed by atoms with Crippen molar-refractivity contribution in [2.45, 2.75) is 65.0 Å². The lowest BCUT2D eigenvalue weighted by atomic mass is 9.94. The molecule has 1 fully saturated rings. The van der Waals surface area contributed by atoms with E-state index in [0.717, 1.165) is 12.8 Å². The highest BCUT2D eigenvalue weighted by Crippen LogP contribution is 2.25. The molecule has 0 saturated heterocycles. The van der Waals surface area contributed by atoms with Crippen molar-refractivity contribution in [1.82, 2.24) is 14.7 Å². The maximum atomic E-state index is 13.3. The lowest BCUT2D eigenvalue weighted by molar-refractivity contribution is 0.0641. The van der Waals surface area contributed by atoms with Crippen LogP contribution in [0.1, 0.15) is 69.4 Å². The first-order chi connectivity index (χ1) is 12.0. The van der Waals surface area contributed by atoms with Gasteiger partial charge in [-0.1, -0.05) is 37.5 Å². The summed E-state index contributed by atoms with van der Waals surface area (Å²) in [6.45, 7) is 6.51. The van der Waals surface area contributed by atoms with Gasteiger partial charge in [-0.15, -0.1) is 0 Å². The number of amides is 1. The summed E-state index contributed by atoms with van der Waals surface area (Å²) in [5, 5.41) is 5.70. The molecule has 134 valence electrons. The van der Waals surface area contributed by atoms with Crippen LogP contribution in [0.2, 0.25) is 0 Å². The van der Waals surface area contributed by atoms with Gasteiger partial charge in [-0.25, -0.2) is 4.68 Å². The molecule has 1 aliphatic rings. The third-order valence-electron chi connectivity index (χ3n) is 5.14. The van der Waals surface area contributed by atoms with Crippen molar-refractivity contribution in [3.8, 4) is 0 Å². The lowest BCUT2D eigenvalue weighted by Crippen LogP contribution is -2.42. The third-order valence-corrected chi connectivity index (χ3v) is 5.14. The average Bonchev–Trinajstić information content (AvgIpc) is 2.63. The van der Waals surface area contributed by atoms with Crippen molar-refractivity contribution >= 4 is 16.7 Å². The standard InChI is InChI=1S/C20H27N3O2/c1-4-22(15-10-6-5-7-11-15)20(25)18-16-12-8-9-13-17(16)19(24)23(21-18)14(2)3/h8-9,12-15H,4-7,10-11H2,1-3H3. The normalized spacial score (nSPS) is 15.7. The van der Waals surface area contributed by atoms with E-state index in [1.54, 1.807) is 6.07 Å². The number of hydrogen-bond donors (Lipinski definition) is 0. The van der Waals surface area contributed by atoms with E-state index in [4.69, 9.17) is 0 Å². The molecule has 0 atom stereocenters. The fourth-order valence-electron chi connectivity index (χ4n) is 3.81. The number of hydrogen-bond acceptors (Lipinski definition) is 3. The SMILES string of the molecule is CCN(C(=O)c1nn(C(C)C)c(=O)c2ccccc12)C1CCCCC1. The molecule has 0 spiro atoms. The van der Waals surface area contributed by atoms with Gasteiger partial charge in [0.1, 0.15) is 0 Å². The molecule has 5 nitrogen and oxygen atoms in total. The van der Waals surface area contributed by atoms with Crippen LogP contribution in [0.25, 0.3) is 10.8 Å². The van der Waals surface area contributed by atoms with Gasteiger partial charge in [-0.05, 0) is 39.7 Å². The van der Waals surface area contributed by atoms with E-state index in [0.29, 0.717) is 23.0 Å². The molecule has 1 heterocycles. The second-order valence-electron chi connectivity index (χ2n) is 7.12. The van der Waals surface area contributed by atoms with Gasteiger partial charge >= 0.3 is 0 Å². The summed E-state index contributed by atoms with van der Waals surface area (Å²) >= 11 is 0. The van der Waals surface area contributed by atoms with E-state index in [1.165, 1.54) is 23.9 Å². The molecular weight excluding hydrogens is 314 g/mol. The molecule has 3 rings (SSSR count). The average molecular weight is 341 g/mol. The van der Waals surface area contributed by atoms with E-state index in [9.17, 15) is 9.59 Å². The minimum absolute atomic E-state index is 0.0556. The summed E-state index contributed by atoms with van der Waals surface area (Å²) < 4.78 is 1.43. The zero-order valence-electron chi connectivity index (χ0n) is 15.4. The topological polar surface area (TPSA) is 55.2 Å². The van der Waals surface area contributed by atoms with Gasteiger partial charge in [0.25, 0.3) is 11.5 Å². The van der Waals surface area contributed by atoms with Crippen LogP contribution in [0.3, 0.4) is 0 Å². The first-order valence-electron chi connectivity index (χ1n) is 9.37. The fourth-order valence-corrected chi connectivity index (χ4v) is 3.81. The molecule has 0 unspecified atom stereocenters. The number of benzene rings is 1. The number of carbonyl (C=O) groups excluding carboxylic acids is 1. The molecule has 25 heavy (non-hydrogen) atoms. The van der Waals surface area contributed by atoms with Gasteiger partial charge < -0.3 is 4.90 Å². The second-order valence-corrected chi connectivity index (χ2v) is 7.12. The Balaban J connectivity index is 2.11. The Morgan fingerprint density at radius 2 is 1.84 bits per heavy atom. The Bertz CT molecular complexity index is 819. The molecule has 1 aliphatic carbocycles. The van der Waals surface area contributed by atoms with Crippen molar-refractivity contribution in [2.75, 3.05) is 6.54 Å². The van der Waals surface area contributed by atoms with Gasteiger partial charge in [0, 0.05) is 18.0 Å². The van der Waals surface area contributed by atoms with E-state index in [2.05, 4.69) is 5.10 Å². The van der Waals surface area contributed by atoms with Crippen molar-refractivity contribution in [2.24, 2.45) is 0 Å². The Labute approximate surface area is 148 Å². The molecule has 1 aromatic carbocycles. The molecule has 1 amide bonds. The van der Waals surface area contributed by atoms with Crippen LogP contribution < -0.4 is 5.56 Å². The van der Waals surface area contributed by atoms with Crippen LogP contribution in [0.4, 0.5) is 0 Å². The van der Waals surface area contributed by atoms with Crippen molar-refractivity contribution < 1.29 is 4.79 Å². The van der Waals surface area contributed by atoms with E-state index in [1.807, 2.05) is 43.9 Å². The number of fused-ring (bicyclic) bond motifs is 1. The first-order valence-corrected chi connectivity index (χ1v) is 9.37. The van der Waals surface area contributed by atoms with Crippen LogP contribution in [0.5, 0.6) is 0 Å². The van der Waals surface area contributed by atoms with E-state index >= 15 is 0 Å². The quantitative estimate of drug-likeness (QED) is 0.850. The molecule has 1 saturated carbocycles. The highest BCUT2D eigenvalue weighted by atomic mass is 16.2. The molecule has 5 heteroatoms. The molecular formula is C20H27N3O2. The van der Waals surface area contributed by atoms with Crippen molar-refractivity contribution in [1.29, 1.82) is 0 Å². The summed E-state index contributed by atoms with van der Waals surface area (Å²) in [7, 11) is 0. The number of nitrogens with zero attached hydrogens (tertiary/aromatic N) is 3. The molecule has 0 bridgehead atoms. The number of carbonyl (C=O) groups is 1. The lowest BCUT2D eigenvalue weighted by Gasteiger charge is -2.33. The van der Waals surface area contributed by atoms with E-state index in [-0.39, 0.29) is 23.6 Å². The fraction of sp³-hybridized carbons (Fsp3) is 0.550. The molecule has 0 radical (unpaired) electrons. The van der Waals surface area contributed by atoms with Gasteiger partial charge in [0.05, 0.1) is 11.4 Å². The van der Waals surface area contributed by atoms with Crippen molar-refractivity contribution in [3.63, 3.8) is 0 Å². The van der Waals surface area contributed by atoms with Crippen LogP contribution in [0, 0.1) is 0 Å². The molecule has 0 aliphatic heterocycles. The van der Waals surface area contributed by atoms with Gasteiger partial charge in [0.2, 0.25) is 0 Å². The van der Waals surface area contributed by atoms with Crippen molar-refractivity contribution in [3.05, 3.63) is 40.3 Å². The zero-order chi connectivity index (χ0) is 18.0. The van der Waals surface area contributed by atoms with Crippen LogP contribution in [-0.2, 0) is 0 Å². The van der Waals surface area contributed by atoms with Gasteiger partial charge in [0.15, 0.2) is 5.69 Å². The Kier molecular flexibility index (Phi) is 5.21. The Morgan fingerprint density at radius 1 is 1.20 bits per heavy atom. The predicted octanol–water partition coefficient (Wildman–Crippen LogP) is 3.77. The highest BCUT2D eigenvalue weighted by Gasteiger charge is 2.28. The highest BCUT2D eigenvalue weighted by molar-refractivity contribution is 6.04. The van der Waals surface area contributed by atoms with Crippen LogP contribution in [-0.4, -0.2) is 33.2 Å². The minimum atomic E-state index is -0.136. The zero-order valence-corrected chi connectivity index (χ0v) is 15.4. The minimum Gasteiger partial charge on any atom is -0.335 e. The largest absolute Gasteiger partial charge is 0.335 e. The Hall–Kier alpha value is -2.17. The predicted molar refractivity (Wildman–Crippen MR) is 100.0 cm³/mol. The monoisotopic (exact) mass is 341 g/mol. The number of aromatic nitrogens is 2. The summed E-state index contributed by atoms with van der Waals surface area (Å²) in [5.74, 6) is -0.0556. The maximum absolute atomic E-state index is 13.3. The van der Waals surface area contributed by atoms with Crippen LogP contribution in [0.15, 0.2) is 29.1 Å². The summed E-state index contributed by atoms with van der Waals surface area (Å²) in [5.41, 5.74) is 0.263. The summed E-state index contributed by atoms with van der Waals surface area (Å²) in [4.78, 5) is 27.9. The first kappa shape index (κ1) is 17.6. The molecule has 1 aromatic heterocycles. The summed E-state index contributed by atoms with van der Waals surface area (Å²) in [6.07, 6.45) is 5.71. The second kappa shape index (κ2) is 7.38. The third kappa shape index (κ3) is 3.32. The maximum Gasteiger partial charge on any atom is 0.275 e. The Morgan fingerprint density at radius 3 is 2.44 bits per heavy atom. The van der Waals surface area contributed by atoms with Gasteiger partial charge in [-0.3, -0.25) is 9.59 Å². The molecule has 2 aromatic rings. The smallest absolute Gasteiger partial charge is 0.275 e. The van der Waals surface area contributed by atoms with Crippen LogP contribution >= 0.6 is 0 Å².